The van der Waals surface area contributed by atoms with Gasteiger partial charge in [0.1, 0.15) is 11.9 Å². The highest BCUT2D eigenvalue weighted by molar-refractivity contribution is 5.59. The summed E-state index contributed by atoms with van der Waals surface area (Å²) in [6.45, 7) is 2.38. The van der Waals surface area contributed by atoms with Crippen molar-refractivity contribution in [2.75, 3.05) is 26.8 Å². The summed E-state index contributed by atoms with van der Waals surface area (Å²) < 4.78 is 10.9. The van der Waals surface area contributed by atoms with Crippen LogP contribution in [0.1, 0.15) is 11.8 Å². The predicted molar refractivity (Wildman–Crippen MR) is 75.6 cm³/mol. The number of rotatable bonds is 3. The molecular weight excluding hydrogens is 254 g/mol. The largest absolute Gasteiger partial charge is 0.497 e. The van der Waals surface area contributed by atoms with Crippen molar-refractivity contribution in [1.82, 2.24) is 15.3 Å². The van der Waals surface area contributed by atoms with Crippen LogP contribution in [0.2, 0.25) is 0 Å². The minimum atomic E-state index is -0.0190. The number of benzene rings is 1. The summed E-state index contributed by atoms with van der Waals surface area (Å²) in [6, 6.07) is 7.80. The topological polar surface area (TPSA) is 56.3 Å². The number of morpholine rings is 1. The number of nitrogens with one attached hydrogen (secondary N) is 1. The average Bonchev–Trinajstić information content (AvgIpc) is 2.56. The van der Waals surface area contributed by atoms with Crippen molar-refractivity contribution < 1.29 is 9.47 Å². The predicted octanol–water partition coefficient (Wildman–Crippen LogP) is 1.81. The molecule has 0 aliphatic carbocycles. The Bertz CT molecular complexity index is 566. The maximum absolute atomic E-state index is 5.71. The summed E-state index contributed by atoms with van der Waals surface area (Å²) >= 11 is 0. The van der Waals surface area contributed by atoms with Crippen LogP contribution in [0.4, 0.5) is 0 Å². The Morgan fingerprint density at radius 2 is 2.10 bits per heavy atom. The Morgan fingerprint density at radius 1 is 1.25 bits per heavy atom. The monoisotopic (exact) mass is 271 g/mol. The molecular formula is C15H17N3O2. The number of methoxy groups -OCH3 is 1. The lowest BCUT2D eigenvalue weighted by Gasteiger charge is -2.23. The van der Waals surface area contributed by atoms with Gasteiger partial charge in [0.2, 0.25) is 0 Å². The molecule has 0 radical (unpaired) electrons. The molecule has 0 spiro atoms. The third kappa shape index (κ3) is 2.79. The molecule has 0 bridgehead atoms. The van der Waals surface area contributed by atoms with E-state index in [4.69, 9.17) is 9.47 Å². The second-order valence-corrected chi connectivity index (χ2v) is 4.62. The second-order valence-electron chi connectivity index (χ2n) is 4.62. The van der Waals surface area contributed by atoms with Crippen LogP contribution in [-0.2, 0) is 4.74 Å². The average molecular weight is 271 g/mol. The van der Waals surface area contributed by atoms with Gasteiger partial charge in [0, 0.05) is 18.7 Å². The van der Waals surface area contributed by atoms with E-state index in [1.165, 1.54) is 0 Å². The van der Waals surface area contributed by atoms with Crippen molar-refractivity contribution >= 4 is 0 Å². The van der Waals surface area contributed by atoms with Gasteiger partial charge >= 0.3 is 0 Å². The third-order valence-electron chi connectivity index (χ3n) is 3.30. The van der Waals surface area contributed by atoms with Gasteiger partial charge in [0.05, 0.1) is 37.5 Å². The Morgan fingerprint density at radius 3 is 2.80 bits per heavy atom. The van der Waals surface area contributed by atoms with Gasteiger partial charge in [-0.05, 0) is 24.3 Å². The van der Waals surface area contributed by atoms with E-state index in [1.807, 2.05) is 24.3 Å². The zero-order chi connectivity index (χ0) is 13.8. The lowest BCUT2D eigenvalue weighted by atomic mass is 10.1. The molecule has 0 amide bonds. The Hall–Kier alpha value is -1.98. The van der Waals surface area contributed by atoms with Crippen molar-refractivity contribution in [3.63, 3.8) is 0 Å². The van der Waals surface area contributed by atoms with Crippen LogP contribution in [0.15, 0.2) is 36.7 Å². The summed E-state index contributed by atoms with van der Waals surface area (Å²) in [7, 11) is 1.66. The molecule has 1 aliphatic rings. The van der Waals surface area contributed by atoms with Gasteiger partial charge < -0.3 is 14.8 Å². The molecule has 1 atom stereocenters. The molecule has 1 aromatic heterocycles. The summed E-state index contributed by atoms with van der Waals surface area (Å²) in [5, 5.41) is 3.30. The van der Waals surface area contributed by atoms with E-state index in [1.54, 1.807) is 19.5 Å². The van der Waals surface area contributed by atoms with Gasteiger partial charge in [-0.15, -0.1) is 0 Å². The van der Waals surface area contributed by atoms with Crippen molar-refractivity contribution in [2.24, 2.45) is 0 Å². The van der Waals surface area contributed by atoms with E-state index in [0.717, 1.165) is 35.8 Å². The molecule has 5 heteroatoms. The fraction of sp³-hybridized carbons (Fsp3) is 0.333. The maximum atomic E-state index is 5.71. The van der Waals surface area contributed by atoms with Crippen LogP contribution < -0.4 is 10.1 Å². The van der Waals surface area contributed by atoms with E-state index in [0.29, 0.717) is 6.61 Å². The highest BCUT2D eigenvalue weighted by atomic mass is 16.5. The molecule has 1 aliphatic heterocycles. The highest BCUT2D eigenvalue weighted by Crippen LogP contribution is 2.22. The quantitative estimate of drug-likeness (QED) is 0.922. The molecule has 2 heterocycles. The molecule has 1 N–H and O–H groups in total. The molecule has 20 heavy (non-hydrogen) atoms. The number of aromatic nitrogens is 2. The molecule has 104 valence electrons. The Kier molecular flexibility index (Phi) is 3.90. The van der Waals surface area contributed by atoms with Crippen LogP contribution in [0.3, 0.4) is 0 Å². The number of ether oxygens (including phenoxy) is 2. The highest BCUT2D eigenvalue weighted by Gasteiger charge is 2.17. The Balaban J connectivity index is 1.85. The lowest BCUT2D eigenvalue weighted by molar-refractivity contribution is 0.0248. The van der Waals surface area contributed by atoms with Crippen molar-refractivity contribution in [3.8, 4) is 17.0 Å². The van der Waals surface area contributed by atoms with E-state index < -0.39 is 0 Å². The van der Waals surface area contributed by atoms with E-state index in [-0.39, 0.29) is 6.10 Å². The van der Waals surface area contributed by atoms with Crippen LogP contribution in [-0.4, -0.2) is 36.8 Å². The number of hydrogen-bond acceptors (Lipinski definition) is 5. The van der Waals surface area contributed by atoms with Crippen molar-refractivity contribution in [2.45, 2.75) is 6.10 Å². The maximum Gasteiger partial charge on any atom is 0.118 e. The van der Waals surface area contributed by atoms with Crippen LogP contribution >= 0.6 is 0 Å². The van der Waals surface area contributed by atoms with Gasteiger partial charge in [-0.1, -0.05) is 0 Å². The van der Waals surface area contributed by atoms with Gasteiger partial charge in [-0.3, -0.25) is 4.98 Å². The summed E-state index contributed by atoms with van der Waals surface area (Å²) in [4.78, 5) is 8.93. The summed E-state index contributed by atoms with van der Waals surface area (Å²) in [5.41, 5.74) is 2.73. The Labute approximate surface area is 118 Å². The number of nitrogens with zero attached hydrogens (tertiary/aromatic N) is 2. The summed E-state index contributed by atoms with van der Waals surface area (Å²) in [6.07, 6.45) is 3.51. The standard InChI is InChI=1S/C15H17N3O2/c1-19-12-4-2-11(3-5-12)13-8-17-9-14(18-13)15-10-16-6-7-20-15/h2-5,8-9,15-16H,6-7,10H2,1H3/t15-/m0/s1. The van der Waals surface area contributed by atoms with Gasteiger partial charge in [0.25, 0.3) is 0 Å². The third-order valence-corrected chi connectivity index (χ3v) is 3.30. The minimum absolute atomic E-state index is 0.0190. The van der Waals surface area contributed by atoms with Crippen molar-refractivity contribution in [3.05, 3.63) is 42.4 Å². The number of hydrogen-bond donors (Lipinski definition) is 1. The smallest absolute Gasteiger partial charge is 0.118 e. The van der Waals surface area contributed by atoms with Crippen molar-refractivity contribution in [1.29, 1.82) is 0 Å². The molecule has 1 saturated heterocycles. The SMILES string of the molecule is COc1ccc(-c2cncc([C@@H]3CNCCO3)n2)cc1. The molecule has 5 nitrogen and oxygen atoms in total. The second kappa shape index (κ2) is 5.98. The zero-order valence-corrected chi connectivity index (χ0v) is 11.4. The van der Waals surface area contributed by atoms with Crippen LogP contribution in [0.5, 0.6) is 5.75 Å². The normalized spacial score (nSPS) is 18.8. The van der Waals surface area contributed by atoms with Crippen LogP contribution in [0, 0.1) is 0 Å². The molecule has 3 rings (SSSR count). The van der Waals surface area contributed by atoms with Gasteiger partial charge in [-0.2, -0.15) is 0 Å². The first-order chi connectivity index (χ1) is 9.86. The van der Waals surface area contributed by atoms with E-state index in [9.17, 15) is 0 Å². The molecule has 2 aromatic rings. The van der Waals surface area contributed by atoms with Crippen LogP contribution in [0.25, 0.3) is 11.3 Å². The molecule has 1 fully saturated rings. The first kappa shape index (κ1) is 13.0. The first-order valence-corrected chi connectivity index (χ1v) is 6.65. The van der Waals surface area contributed by atoms with Gasteiger partial charge in [-0.25, -0.2) is 4.98 Å². The zero-order valence-electron chi connectivity index (χ0n) is 11.4. The van der Waals surface area contributed by atoms with E-state index in [2.05, 4.69) is 15.3 Å². The fourth-order valence-electron chi connectivity index (χ4n) is 2.19. The molecule has 0 saturated carbocycles. The van der Waals surface area contributed by atoms with Gasteiger partial charge in [0.15, 0.2) is 0 Å². The lowest BCUT2D eigenvalue weighted by Crippen LogP contribution is -2.33. The molecule has 0 unspecified atom stereocenters. The fourth-order valence-corrected chi connectivity index (χ4v) is 2.19. The first-order valence-electron chi connectivity index (χ1n) is 6.65. The summed E-state index contributed by atoms with van der Waals surface area (Å²) in [5.74, 6) is 0.831. The van der Waals surface area contributed by atoms with E-state index >= 15 is 0 Å². The molecule has 1 aromatic carbocycles. The minimum Gasteiger partial charge on any atom is -0.497 e.